The fourth-order valence-electron chi connectivity index (χ4n) is 3.99. The zero-order valence-corrected chi connectivity index (χ0v) is 17.6. The Kier molecular flexibility index (Phi) is 5.44. The number of likely N-dealkylation sites (tertiary alicyclic amines) is 1. The minimum Gasteiger partial charge on any atom is -0.493 e. The second kappa shape index (κ2) is 8.18. The van der Waals surface area contributed by atoms with Crippen molar-refractivity contribution < 1.29 is 18.8 Å². The highest BCUT2D eigenvalue weighted by Crippen LogP contribution is 2.35. The minimum absolute atomic E-state index is 0.00448. The van der Waals surface area contributed by atoms with Crippen LogP contribution in [0.5, 0.6) is 11.5 Å². The van der Waals surface area contributed by atoms with E-state index in [2.05, 4.69) is 16.2 Å². The van der Waals surface area contributed by atoms with Crippen LogP contribution in [0, 0.1) is 13.8 Å². The van der Waals surface area contributed by atoms with Gasteiger partial charge in [0, 0.05) is 17.7 Å². The normalized spacial score (nSPS) is 16.0. The van der Waals surface area contributed by atoms with Crippen LogP contribution in [-0.2, 0) is 0 Å². The van der Waals surface area contributed by atoms with Crippen molar-refractivity contribution in [1.82, 2.24) is 15.0 Å². The summed E-state index contributed by atoms with van der Waals surface area (Å²) in [7, 11) is 3.17. The number of hydrogen-bond donors (Lipinski definition) is 0. The quantitative estimate of drug-likeness (QED) is 0.626. The number of hydrogen-bond acceptors (Lipinski definition) is 6. The molecule has 30 heavy (non-hydrogen) atoms. The van der Waals surface area contributed by atoms with Gasteiger partial charge < -0.3 is 18.9 Å². The molecule has 7 nitrogen and oxygen atoms in total. The van der Waals surface area contributed by atoms with Crippen molar-refractivity contribution in [2.45, 2.75) is 32.7 Å². The molecule has 3 aromatic rings. The van der Waals surface area contributed by atoms with E-state index in [0.717, 1.165) is 29.5 Å². The maximum Gasteiger partial charge on any atom is 0.254 e. The Labute approximate surface area is 175 Å². The van der Waals surface area contributed by atoms with Gasteiger partial charge in [0.1, 0.15) is 6.04 Å². The molecule has 1 unspecified atom stereocenters. The Morgan fingerprint density at radius 2 is 1.80 bits per heavy atom. The number of aromatic nitrogens is 2. The van der Waals surface area contributed by atoms with Gasteiger partial charge in [0.25, 0.3) is 5.91 Å². The van der Waals surface area contributed by atoms with Gasteiger partial charge in [-0.3, -0.25) is 4.79 Å². The van der Waals surface area contributed by atoms with E-state index in [1.165, 1.54) is 0 Å². The standard InChI is InChI=1S/C23H25N3O4/c1-14-10-15(2)12-17(11-14)23(27)26-9-5-6-18(26)22-24-21(25-30-22)16-7-8-19(28-3)20(13-16)29-4/h7-8,10-13,18H,5-6,9H2,1-4H3. The van der Waals surface area contributed by atoms with Crippen LogP contribution in [0.25, 0.3) is 11.4 Å². The molecule has 2 aromatic carbocycles. The molecule has 156 valence electrons. The second-order valence-electron chi connectivity index (χ2n) is 7.56. The van der Waals surface area contributed by atoms with E-state index >= 15 is 0 Å². The summed E-state index contributed by atoms with van der Waals surface area (Å²) in [5, 5.41) is 4.14. The molecule has 0 saturated carbocycles. The Balaban J connectivity index is 1.60. The van der Waals surface area contributed by atoms with Gasteiger partial charge in [-0.25, -0.2) is 0 Å². The molecule has 0 aliphatic carbocycles. The Bertz CT molecular complexity index is 1060. The summed E-state index contributed by atoms with van der Waals surface area (Å²) in [4.78, 5) is 19.6. The number of amides is 1. The van der Waals surface area contributed by atoms with Crippen molar-refractivity contribution >= 4 is 5.91 Å². The minimum atomic E-state index is -0.222. The molecule has 1 aliphatic rings. The van der Waals surface area contributed by atoms with Crippen LogP contribution < -0.4 is 9.47 Å². The number of carbonyl (C=O) groups is 1. The zero-order valence-electron chi connectivity index (χ0n) is 17.6. The molecule has 1 atom stereocenters. The molecule has 1 fully saturated rings. The second-order valence-corrected chi connectivity index (χ2v) is 7.56. The highest BCUT2D eigenvalue weighted by Gasteiger charge is 2.34. The lowest BCUT2D eigenvalue weighted by molar-refractivity contribution is 0.0710. The molecule has 1 amide bonds. The van der Waals surface area contributed by atoms with E-state index in [1.54, 1.807) is 26.4 Å². The molecular formula is C23H25N3O4. The number of methoxy groups -OCH3 is 2. The first kappa shape index (κ1) is 19.9. The molecular weight excluding hydrogens is 382 g/mol. The number of ether oxygens (including phenoxy) is 2. The number of benzene rings is 2. The third-order valence-electron chi connectivity index (χ3n) is 5.35. The lowest BCUT2D eigenvalue weighted by Crippen LogP contribution is -2.30. The summed E-state index contributed by atoms with van der Waals surface area (Å²) < 4.78 is 16.2. The van der Waals surface area contributed by atoms with Gasteiger partial charge in [0.2, 0.25) is 11.7 Å². The summed E-state index contributed by atoms with van der Waals surface area (Å²) in [5.41, 5.74) is 3.59. The van der Waals surface area contributed by atoms with Crippen molar-refractivity contribution in [2.24, 2.45) is 0 Å². The predicted molar refractivity (Wildman–Crippen MR) is 112 cm³/mol. The molecule has 0 N–H and O–H groups in total. The summed E-state index contributed by atoms with van der Waals surface area (Å²) in [6.07, 6.45) is 1.69. The van der Waals surface area contributed by atoms with Crippen LogP contribution >= 0.6 is 0 Å². The fraction of sp³-hybridized carbons (Fsp3) is 0.348. The third-order valence-corrected chi connectivity index (χ3v) is 5.35. The molecule has 7 heteroatoms. The lowest BCUT2D eigenvalue weighted by atomic mass is 10.1. The number of rotatable bonds is 5. The highest BCUT2D eigenvalue weighted by atomic mass is 16.5. The van der Waals surface area contributed by atoms with E-state index < -0.39 is 0 Å². The zero-order chi connectivity index (χ0) is 21.3. The van der Waals surface area contributed by atoms with E-state index in [4.69, 9.17) is 14.0 Å². The summed E-state index contributed by atoms with van der Waals surface area (Å²) in [6, 6.07) is 11.1. The Morgan fingerprint density at radius 3 is 2.50 bits per heavy atom. The molecule has 0 bridgehead atoms. The van der Waals surface area contributed by atoms with E-state index in [1.807, 2.05) is 36.9 Å². The van der Waals surface area contributed by atoms with E-state index in [0.29, 0.717) is 35.3 Å². The smallest absolute Gasteiger partial charge is 0.254 e. The average molecular weight is 407 g/mol. The molecule has 4 rings (SSSR count). The van der Waals surface area contributed by atoms with Gasteiger partial charge in [-0.2, -0.15) is 4.98 Å². The Hall–Kier alpha value is -3.35. The molecule has 1 saturated heterocycles. The molecule has 2 heterocycles. The maximum atomic E-state index is 13.2. The molecule has 1 aliphatic heterocycles. The van der Waals surface area contributed by atoms with Crippen LogP contribution in [0.15, 0.2) is 40.9 Å². The van der Waals surface area contributed by atoms with Crippen LogP contribution in [0.2, 0.25) is 0 Å². The molecule has 0 spiro atoms. The highest BCUT2D eigenvalue weighted by molar-refractivity contribution is 5.95. The SMILES string of the molecule is COc1ccc(-c2noc(C3CCCN3C(=O)c3cc(C)cc(C)c3)n2)cc1OC. The van der Waals surface area contributed by atoms with E-state index in [9.17, 15) is 4.79 Å². The van der Waals surface area contributed by atoms with E-state index in [-0.39, 0.29) is 11.9 Å². The van der Waals surface area contributed by atoms with Crippen LogP contribution in [0.1, 0.15) is 46.3 Å². The predicted octanol–water partition coefficient (Wildman–Crippen LogP) is 4.35. The fourth-order valence-corrected chi connectivity index (χ4v) is 3.99. The summed E-state index contributed by atoms with van der Waals surface area (Å²) in [6.45, 7) is 4.67. The van der Waals surface area contributed by atoms with Crippen molar-refractivity contribution in [1.29, 1.82) is 0 Å². The molecule has 1 aromatic heterocycles. The van der Waals surface area contributed by atoms with Crippen LogP contribution in [0.4, 0.5) is 0 Å². The van der Waals surface area contributed by atoms with Gasteiger partial charge >= 0.3 is 0 Å². The van der Waals surface area contributed by atoms with Gasteiger partial charge in [-0.05, 0) is 57.0 Å². The summed E-state index contributed by atoms with van der Waals surface area (Å²) >= 11 is 0. The largest absolute Gasteiger partial charge is 0.493 e. The van der Waals surface area contributed by atoms with Crippen LogP contribution in [0.3, 0.4) is 0 Å². The third kappa shape index (κ3) is 3.75. The maximum absolute atomic E-state index is 13.2. The Morgan fingerprint density at radius 1 is 1.07 bits per heavy atom. The van der Waals surface area contributed by atoms with Crippen LogP contribution in [-0.4, -0.2) is 41.7 Å². The van der Waals surface area contributed by atoms with Gasteiger partial charge in [0.05, 0.1) is 14.2 Å². The number of aryl methyl sites for hydroxylation is 2. The van der Waals surface area contributed by atoms with Gasteiger partial charge in [0.15, 0.2) is 11.5 Å². The van der Waals surface area contributed by atoms with Crippen molar-refractivity contribution in [3.63, 3.8) is 0 Å². The first-order valence-electron chi connectivity index (χ1n) is 9.95. The first-order valence-corrected chi connectivity index (χ1v) is 9.95. The summed E-state index contributed by atoms with van der Waals surface area (Å²) in [5.74, 6) is 2.13. The van der Waals surface area contributed by atoms with Crippen molar-refractivity contribution in [3.8, 4) is 22.9 Å². The topological polar surface area (TPSA) is 77.7 Å². The van der Waals surface area contributed by atoms with Gasteiger partial charge in [-0.15, -0.1) is 0 Å². The number of nitrogens with zero attached hydrogens (tertiary/aromatic N) is 3. The average Bonchev–Trinajstić information content (AvgIpc) is 3.41. The monoisotopic (exact) mass is 407 g/mol. The molecule has 0 radical (unpaired) electrons. The van der Waals surface area contributed by atoms with Crippen molar-refractivity contribution in [2.75, 3.05) is 20.8 Å². The number of carbonyl (C=O) groups excluding carboxylic acids is 1. The lowest BCUT2D eigenvalue weighted by Gasteiger charge is -2.22. The van der Waals surface area contributed by atoms with Crippen molar-refractivity contribution in [3.05, 3.63) is 59.0 Å². The van der Waals surface area contributed by atoms with Gasteiger partial charge in [-0.1, -0.05) is 22.3 Å². The first-order chi connectivity index (χ1) is 14.5.